The first kappa shape index (κ1) is 14.1. The summed E-state index contributed by atoms with van der Waals surface area (Å²) in [5.41, 5.74) is 0.353. The lowest BCUT2D eigenvalue weighted by Gasteiger charge is -2.12. The number of carbonyl (C=O) groups is 3. The van der Waals surface area contributed by atoms with Crippen LogP contribution in [0.5, 0.6) is 0 Å². The maximum Gasteiger partial charge on any atom is 0.261 e. The minimum atomic E-state index is -1.16. The fourth-order valence-corrected chi connectivity index (χ4v) is 2.29. The quantitative estimate of drug-likeness (QED) is 0.646. The number of halogens is 2. The molecule has 0 aromatic heterocycles. The van der Waals surface area contributed by atoms with Crippen LogP contribution in [0, 0.1) is 11.6 Å². The summed E-state index contributed by atoms with van der Waals surface area (Å²) in [5, 5.41) is 0. The van der Waals surface area contributed by atoms with Gasteiger partial charge in [0, 0.05) is 5.56 Å². The number of benzene rings is 2. The molecule has 2 aromatic carbocycles. The van der Waals surface area contributed by atoms with Crippen LogP contribution < -0.4 is 0 Å². The van der Waals surface area contributed by atoms with E-state index in [4.69, 9.17) is 0 Å². The van der Waals surface area contributed by atoms with Crippen LogP contribution in [0.2, 0.25) is 0 Å². The van der Waals surface area contributed by atoms with Gasteiger partial charge in [0.05, 0.1) is 17.7 Å². The summed E-state index contributed by atoms with van der Waals surface area (Å²) < 4.78 is 26.0. The predicted molar refractivity (Wildman–Crippen MR) is 72.5 cm³/mol. The number of hydrogen-bond acceptors (Lipinski definition) is 3. The fourth-order valence-electron chi connectivity index (χ4n) is 2.29. The van der Waals surface area contributed by atoms with Crippen LogP contribution in [0.3, 0.4) is 0 Å². The molecule has 1 heterocycles. The van der Waals surface area contributed by atoms with Gasteiger partial charge in [-0.25, -0.2) is 8.78 Å². The molecule has 0 atom stereocenters. The first-order valence-corrected chi connectivity index (χ1v) is 6.42. The van der Waals surface area contributed by atoms with Crippen LogP contribution >= 0.6 is 0 Å². The van der Waals surface area contributed by atoms with Gasteiger partial charge < -0.3 is 0 Å². The van der Waals surface area contributed by atoms with E-state index in [1.807, 2.05) is 0 Å². The summed E-state index contributed by atoms with van der Waals surface area (Å²) in [4.78, 5) is 37.1. The molecule has 2 amide bonds. The van der Waals surface area contributed by atoms with Crippen LogP contribution in [0.25, 0.3) is 0 Å². The molecule has 0 N–H and O–H groups in total. The molecule has 0 saturated heterocycles. The van der Waals surface area contributed by atoms with Crippen molar-refractivity contribution in [1.29, 1.82) is 0 Å². The topological polar surface area (TPSA) is 54.5 Å². The van der Waals surface area contributed by atoms with Gasteiger partial charge in [-0.15, -0.1) is 0 Å². The third-order valence-corrected chi connectivity index (χ3v) is 3.42. The maximum absolute atomic E-state index is 13.1. The number of imide groups is 1. The highest BCUT2D eigenvalue weighted by Crippen LogP contribution is 2.22. The Balaban J connectivity index is 1.85. The third-order valence-electron chi connectivity index (χ3n) is 3.42. The van der Waals surface area contributed by atoms with Crippen molar-refractivity contribution < 1.29 is 23.2 Å². The van der Waals surface area contributed by atoms with Gasteiger partial charge in [0.25, 0.3) is 11.8 Å². The molecule has 110 valence electrons. The summed E-state index contributed by atoms with van der Waals surface area (Å²) in [6.45, 7) is -0.516. The van der Waals surface area contributed by atoms with Crippen molar-refractivity contribution >= 4 is 17.6 Å². The Morgan fingerprint density at radius 1 is 0.909 bits per heavy atom. The first-order valence-electron chi connectivity index (χ1n) is 6.42. The van der Waals surface area contributed by atoms with E-state index < -0.39 is 35.8 Å². The normalized spacial score (nSPS) is 13.5. The smallest absolute Gasteiger partial charge is 0.261 e. The van der Waals surface area contributed by atoms with Crippen molar-refractivity contribution in [1.82, 2.24) is 4.90 Å². The van der Waals surface area contributed by atoms with Crippen LogP contribution in [0.15, 0.2) is 42.5 Å². The third kappa shape index (κ3) is 2.18. The second-order valence-corrected chi connectivity index (χ2v) is 4.79. The highest BCUT2D eigenvalue weighted by atomic mass is 19.2. The monoisotopic (exact) mass is 301 g/mol. The number of carbonyl (C=O) groups excluding carboxylic acids is 3. The second kappa shape index (κ2) is 5.14. The second-order valence-electron chi connectivity index (χ2n) is 4.79. The number of hydrogen-bond donors (Lipinski definition) is 0. The highest BCUT2D eigenvalue weighted by Gasteiger charge is 2.36. The molecule has 0 bridgehead atoms. The van der Waals surface area contributed by atoms with Crippen LogP contribution in [0.4, 0.5) is 8.78 Å². The molecule has 2 aromatic rings. The molecule has 0 radical (unpaired) electrons. The molecule has 1 aliphatic heterocycles. The van der Waals surface area contributed by atoms with Crippen LogP contribution in [0.1, 0.15) is 31.1 Å². The van der Waals surface area contributed by atoms with Gasteiger partial charge in [-0.2, -0.15) is 0 Å². The number of nitrogens with zero attached hydrogens (tertiary/aromatic N) is 1. The number of amides is 2. The van der Waals surface area contributed by atoms with Gasteiger partial charge in [0.1, 0.15) is 0 Å². The summed E-state index contributed by atoms with van der Waals surface area (Å²) in [6.07, 6.45) is 0. The molecule has 4 nitrogen and oxygen atoms in total. The molecule has 22 heavy (non-hydrogen) atoms. The average Bonchev–Trinajstić information content (AvgIpc) is 2.75. The van der Waals surface area contributed by atoms with E-state index in [9.17, 15) is 23.2 Å². The Morgan fingerprint density at radius 2 is 1.50 bits per heavy atom. The van der Waals surface area contributed by atoms with E-state index in [1.54, 1.807) is 12.1 Å². The highest BCUT2D eigenvalue weighted by molar-refractivity contribution is 6.23. The molecule has 0 spiro atoms. The van der Waals surface area contributed by atoms with Gasteiger partial charge in [0.2, 0.25) is 0 Å². The van der Waals surface area contributed by atoms with Crippen LogP contribution in [-0.2, 0) is 0 Å². The zero-order valence-corrected chi connectivity index (χ0v) is 11.2. The summed E-state index contributed by atoms with van der Waals surface area (Å²) in [7, 11) is 0. The van der Waals surface area contributed by atoms with Crippen molar-refractivity contribution in [3.8, 4) is 0 Å². The largest absolute Gasteiger partial charge is 0.292 e. The van der Waals surface area contributed by atoms with E-state index in [1.165, 1.54) is 12.1 Å². The SMILES string of the molecule is O=C(CN1C(=O)c2ccccc2C1=O)c1ccc(F)c(F)c1. The van der Waals surface area contributed by atoms with Gasteiger partial charge >= 0.3 is 0 Å². The molecular formula is C16H9F2NO3. The minimum Gasteiger partial charge on any atom is -0.292 e. The molecule has 3 rings (SSSR count). The number of ketones is 1. The molecule has 0 aliphatic carbocycles. The fraction of sp³-hybridized carbons (Fsp3) is 0.0625. The van der Waals surface area contributed by atoms with E-state index >= 15 is 0 Å². The molecule has 1 aliphatic rings. The maximum atomic E-state index is 13.1. The summed E-state index contributed by atoms with van der Waals surface area (Å²) in [5.74, 6) is -4.02. The van der Waals surface area contributed by atoms with E-state index in [0.29, 0.717) is 0 Å². The van der Waals surface area contributed by atoms with Gasteiger partial charge in [-0.1, -0.05) is 12.1 Å². The zero-order valence-electron chi connectivity index (χ0n) is 11.2. The molecule has 0 saturated carbocycles. The Hall–Kier alpha value is -2.89. The van der Waals surface area contributed by atoms with Crippen LogP contribution in [-0.4, -0.2) is 29.0 Å². The van der Waals surface area contributed by atoms with Crippen molar-refractivity contribution in [3.05, 3.63) is 70.8 Å². The lowest BCUT2D eigenvalue weighted by molar-refractivity contribution is 0.0624. The van der Waals surface area contributed by atoms with E-state index in [-0.39, 0.29) is 16.7 Å². The van der Waals surface area contributed by atoms with Gasteiger partial charge in [0.15, 0.2) is 17.4 Å². The molecule has 0 fully saturated rings. The number of fused-ring (bicyclic) bond motifs is 1. The number of Topliss-reactive ketones (excluding diaryl/α,β-unsaturated/α-hetero) is 1. The average molecular weight is 301 g/mol. The van der Waals surface area contributed by atoms with Crippen molar-refractivity contribution in [2.45, 2.75) is 0 Å². The lowest BCUT2D eigenvalue weighted by Crippen LogP contribution is -2.34. The van der Waals surface area contributed by atoms with E-state index in [2.05, 4.69) is 0 Å². The first-order chi connectivity index (χ1) is 10.5. The lowest BCUT2D eigenvalue weighted by atomic mass is 10.1. The van der Waals surface area contributed by atoms with Gasteiger partial charge in [-0.3, -0.25) is 19.3 Å². The Labute approximate surface area is 124 Å². The molecular weight excluding hydrogens is 292 g/mol. The Morgan fingerprint density at radius 3 is 2.05 bits per heavy atom. The molecule has 0 unspecified atom stereocenters. The summed E-state index contributed by atoms with van der Waals surface area (Å²) in [6, 6.07) is 8.91. The summed E-state index contributed by atoms with van der Waals surface area (Å²) >= 11 is 0. The van der Waals surface area contributed by atoms with E-state index in [0.717, 1.165) is 23.1 Å². The van der Waals surface area contributed by atoms with Gasteiger partial charge in [-0.05, 0) is 30.3 Å². The predicted octanol–water partition coefficient (Wildman–Crippen LogP) is 2.44. The van der Waals surface area contributed by atoms with Crippen molar-refractivity contribution in [2.75, 3.05) is 6.54 Å². The van der Waals surface area contributed by atoms with Crippen molar-refractivity contribution in [2.24, 2.45) is 0 Å². The molecule has 6 heteroatoms. The van der Waals surface area contributed by atoms with Crippen molar-refractivity contribution in [3.63, 3.8) is 0 Å². The number of rotatable bonds is 3. The zero-order chi connectivity index (χ0) is 15.9. The Kier molecular flexibility index (Phi) is 3.29. The standard InChI is InChI=1S/C16H9F2NO3/c17-12-6-5-9(7-13(12)18)14(20)8-19-15(21)10-3-1-2-4-11(10)16(19)22/h1-7H,8H2. The Bertz CT molecular complexity index is 782. The minimum absolute atomic E-state index is 0.101.